The summed E-state index contributed by atoms with van der Waals surface area (Å²) in [5.74, 6) is -1.14. The Bertz CT molecular complexity index is 532. The van der Waals surface area contributed by atoms with Gasteiger partial charge >= 0.3 is 0 Å². The molecule has 24 heavy (non-hydrogen) atoms. The summed E-state index contributed by atoms with van der Waals surface area (Å²) in [6.07, 6.45) is 2.83. The molecule has 2 amide bonds. The van der Waals surface area contributed by atoms with E-state index in [1.165, 1.54) is 24.3 Å². The molecule has 2 unspecified atom stereocenters. The minimum Gasteiger partial charge on any atom is -0.350 e. The number of nitrogens with one attached hydrogen (secondary N) is 2. The predicted molar refractivity (Wildman–Crippen MR) is 93.0 cm³/mol. The van der Waals surface area contributed by atoms with Gasteiger partial charge < -0.3 is 16.4 Å². The Labute approximate surface area is 143 Å². The largest absolute Gasteiger partial charge is 0.350 e. The molecule has 0 aromatic heterocycles. The smallest absolute Gasteiger partial charge is 0.251 e. The van der Waals surface area contributed by atoms with Gasteiger partial charge in [-0.15, -0.1) is 0 Å². The van der Waals surface area contributed by atoms with Crippen LogP contribution >= 0.6 is 0 Å². The Morgan fingerprint density at radius 1 is 1.17 bits per heavy atom. The van der Waals surface area contributed by atoms with Gasteiger partial charge in [-0.1, -0.05) is 33.6 Å². The maximum absolute atomic E-state index is 12.9. The lowest BCUT2D eigenvalue weighted by Gasteiger charge is -2.25. The van der Waals surface area contributed by atoms with Gasteiger partial charge in [0.2, 0.25) is 5.91 Å². The van der Waals surface area contributed by atoms with Crippen molar-refractivity contribution < 1.29 is 14.0 Å². The van der Waals surface area contributed by atoms with Gasteiger partial charge in [-0.05, 0) is 36.6 Å². The van der Waals surface area contributed by atoms with Crippen LogP contribution in [0.25, 0.3) is 0 Å². The zero-order valence-electron chi connectivity index (χ0n) is 14.6. The second kappa shape index (κ2) is 10.0. The number of carbonyl (C=O) groups is 2. The number of amides is 2. The first-order chi connectivity index (χ1) is 11.4. The molecular weight excluding hydrogens is 309 g/mol. The second-order valence-electron chi connectivity index (χ2n) is 6.29. The molecular formula is C18H28FN3O2. The number of nitrogens with two attached hydrogens (primary N) is 1. The van der Waals surface area contributed by atoms with Gasteiger partial charge in [0.25, 0.3) is 5.91 Å². The molecule has 0 heterocycles. The number of halogens is 1. The average molecular weight is 337 g/mol. The van der Waals surface area contributed by atoms with Crippen molar-refractivity contribution in [2.45, 2.75) is 52.1 Å². The van der Waals surface area contributed by atoms with E-state index in [4.69, 9.17) is 5.73 Å². The number of hydrogen-bond acceptors (Lipinski definition) is 3. The van der Waals surface area contributed by atoms with Crippen LogP contribution in [-0.4, -0.2) is 30.4 Å². The highest BCUT2D eigenvalue weighted by Crippen LogP contribution is 2.08. The summed E-state index contributed by atoms with van der Waals surface area (Å²) in [5, 5.41) is 5.63. The fourth-order valence-electron chi connectivity index (χ4n) is 2.35. The van der Waals surface area contributed by atoms with Crippen LogP contribution in [0.1, 0.15) is 50.4 Å². The van der Waals surface area contributed by atoms with Crippen LogP contribution in [0.2, 0.25) is 0 Å². The van der Waals surface area contributed by atoms with Crippen LogP contribution in [0.4, 0.5) is 4.39 Å². The van der Waals surface area contributed by atoms with Gasteiger partial charge in [-0.2, -0.15) is 0 Å². The highest BCUT2D eigenvalue weighted by Gasteiger charge is 2.26. The van der Waals surface area contributed by atoms with Crippen molar-refractivity contribution in [3.8, 4) is 0 Å². The molecule has 1 aromatic carbocycles. The fourth-order valence-corrected chi connectivity index (χ4v) is 2.35. The summed E-state index contributed by atoms with van der Waals surface area (Å²) < 4.78 is 12.9. The Morgan fingerprint density at radius 3 is 2.29 bits per heavy atom. The number of hydrogen-bond donors (Lipinski definition) is 3. The summed E-state index contributed by atoms with van der Waals surface area (Å²) >= 11 is 0. The molecule has 0 bridgehead atoms. The van der Waals surface area contributed by atoms with Gasteiger partial charge in [-0.3, -0.25) is 9.59 Å². The molecule has 6 heteroatoms. The van der Waals surface area contributed by atoms with Crippen LogP contribution in [0, 0.1) is 11.7 Å². The average Bonchev–Trinajstić information content (AvgIpc) is 2.56. The first kappa shape index (κ1) is 20.1. The third-order valence-corrected chi connectivity index (χ3v) is 3.88. The topological polar surface area (TPSA) is 84.2 Å². The second-order valence-corrected chi connectivity index (χ2v) is 6.29. The van der Waals surface area contributed by atoms with E-state index in [2.05, 4.69) is 17.6 Å². The molecule has 1 aromatic rings. The van der Waals surface area contributed by atoms with Gasteiger partial charge in [0, 0.05) is 18.2 Å². The van der Waals surface area contributed by atoms with Crippen LogP contribution in [0.3, 0.4) is 0 Å². The highest BCUT2D eigenvalue weighted by atomic mass is 19.1. The van der Waals surface area contributed by atoms with E-state index in [-0.39, 0.29) is 17.9 Å². The van der Waals surface area contributed by atoms with E-state index in [9.17, 15) is 14.0 Å². The third-order valence-electron chi connectivity index (χ3n) is 3.88. The first-order valence-corrected chi connectivity index (χ1v) is 8.45. The van der Waals surface area contributed by atoms with Crippen LogP contribution in [0.15, 0.2) is 24.3 Å². The zero-order valence-corrected chi connectivity index (χ0v) is 14.6. The lowest BCUT2D eigenvalue weighted by atomic mass is 10.0. The van der Waals surface area contributed by atoms with E-state index in [1.54, 1.807) is 0 Å². The number of rotatable bonds is 9. The van der Waals surface area contributed by atoms with Crippen molar-refractivity contribution in [1.82, 2.24) is 10.6 Å². The van der Waals surface area contributed by atoms with Crippen LogP contribution < -0.4 is 16.4 Å². The zero-order chi connectivity index (χ0) is 18.1. The maximum Gasteiger partial charge on any atom is 0.251 e. The standard InChI is InChI=1S/C18H28FN3O2/c1-4-5-6-15(11-20)21-18(24)16(12(2)3)22-17(23)13-7-9-14(19)10-8-13/h7-10,12,15-16H,4-6,11,20H2,1-3H3,(H,21,24)(H,22,23). The molecule has 0 spiro atoms. The molecule has 2 atom stereocenters. The van der Waals surface area contributed by atoms with E-state index >= 15 is 0 Å². The molecule has 0 fully saturated rings. The molecule has 1 rings (SSSR count). The Kier molecular flexibility index (Phi) is 8.40. The van der Waals surface area contributed by atoms with E-state index in [0.717, 1.165) is 19.3 Å². The van der Waals surface area contributed by atoms with Crippen LogP contribution in [-0.2, 0) is 4.79 Å². The first-order valence-electron chi connectivity index (χ1n) is 8.45. The Balaban J connectivity index is 2.73. The SMILES string of the molecule is CCCCC(CN)NC(=O)C(NC(=O)c1ccc(F)cc1)C(C)C. The van der Waals surface area contributed by atoms with Crippen LogP contribution in [0.5, 0.6) is 0 Å². The quantitative estimate of drug-likeness (QED) is 0.646. The summed E-state index contributed by atoms with van der Waals surface area (Å²) in [6.45, 7) is 6.16. The molecule has 0 aliphatic heterocycles. The number of carbonyl (C=O) groups excluding carboxylic acids is 2. The lowest BCUT2D eigenvalue weighted by molar-refractivity contribution is -0.124. The fraction of sp³-hybridized carbons (Fsp3) is 0.556. The van der Waals surface area contributed by atoms with Gasteiger partial charge in [0.05, 0.1) is 0 Å². The van der Waals surface area contributed by atoms with Crippen molar-refractivity contribution in [3.05, 3.63) is 35.6 Å². The molecule has 134 valence electrons. The van der Waals surface area contributed by atoms with E-state index < -0.39 is 17.8 Å². The molecule has 0 aliphatic rings. The highest BCUT2D eigenvalue weighted by molar-refractivity contribution is 5.97. The molecule has 0 radical (unpaired) electrons. The molecule has 0 saturated heterocycles. The summed E-state index contributed by atoms with van der Waals surface area (Å²) in [7, 11) is 0. The summed E-state index contributed by atoms with van der Waals surface area (Å²) in [5.41, 5.74) is 6.02. The Hall–Kier alpha value is -1.95. The number of benzene rings is 1. The van der Waals surface area contributed by atoms with Gasteiger partial charge in [0.15, 0.2) is 0 Å². The minimum absolute atomic E-state index is 0.0843. The number of unbranched alkanes of at least 4 members (excludes halogenated alkanes) is 1. The molecule has 0 saturated carbocycles. The molecule has 5 nitrogen and oxygen atoms in total. The van der Waals surface area contributed by atoms with E-state index in [0.29, 0.717) is 12.1 Å². The molecule has 4 N–H and O–H groups in total. The maximum atomic E-state index is 12.9. The van der Waals surface area contributed by atoms with Crippen molar-refractivity contribution >= 4 is 11.8 Å². The Morgan fingerprint density at radius 2 is 1.79 bits per heavy atom. The molecule has 0 aliphatic carbocycles. The minimum atomic E-state index is -0.668. The van der Waals surface area contributed by atoms with Gasteiger partial charge in [0.1, 0.15) is 11.9 Å². The van der Waals surface area contributed by atoms with Gasteiger partial charge in [-0.25, -0.2) is 4.39 Å². The summed E-state index contributed by atoms with van der Waals surface area (Å²) in [6, 6.07) is 4.45. The third kappa shape index (κ3) is 6.28. The summed E-state index contributed by atoms with van der Waals surface area (Å²) in [4.78, 5) is 24.8. The van der Waals surface area contributed by atoms with Crippen molar-refractivity contribution in [2.75, 3.05) is 6.54 Å². The van der Waals surface area contributed by atoms with E-state index in [1.807, 2.05) is 13.8 Å². The normalized spacial score (nSPS) is 13.4. The predicted octanol–water partition coefficient (Wildman–Crippen LogP) is 2.21. The lowest BCUT2D eigenvalue weighted by Crippen LogP contribution is -2.53. The van der Waals surface area contributed by atoms with Crippen molar-refractivity contribution in [3.63, 3.8) is 0 Å². The van der Waals surface area contributed by atoms with Crippen molar-refractivity contribution in [2.24, 2.45) is 11.7 Å². The monoisotopic (exact) mass is 337 g/mol. The van der Waals surface area contributed by atoms with Crippen molar-refractivity contribution in [1.29, 1.82) is 0 Å².